The van der Waals surface area contributed by atoms with Gasteiger partial charge in [0.25, 0.3) is 0 Å². The smallest absolute Gasteiger partial charge is 0.363 e. The van der Waals surface area contributed by atoms with Gasteiger partial charge in [-0.2, -0.15) is 18.3 Å². The maximum absolute atomic E-state index is 13.0. The molecule has 0 radical (unpaired) electrons. The fraction of sp³-hybridized carbons (Fsp3) is 0.444. The number of hydrazone groups is 1. The van der Waals surface area contributed by atoms with Crippen molar-refractivity contribution in [3.63, 3.8) is 0 Å². The lowest BCUT2D eigenvalue weighted by molar-refractivity contribution is -0.129. The SMILES string of the molecule is C=C(NCN(CCN(C)/N=C(\C)c1ccc(F)cc1)C(C)=O)NCC(F)(F)F. The van der Waals surface area contributed by atoms with Gasteiger partial charge in [0.1, 0.15) is 12.4 Å². The Balaban J connectivity index is 2.51. The minimum absolute atomic E-state index is 0.00746. The normalized spacial score (nSPS) is 11.8. The number of nitrogens with one attached hydrogen (secondary N) is 2. The zero-order valence-electron chi connectivity index (χ0n) is 16.1. The van der Waals surface area contributed by atoms with Gasteiger partial charge in [-0.1, -0.05) is 18.7 Å². The molecule has 0 unspecified atom stereocenters. The van der Waals surface area contributed by atoms with E-state index >= 15 is 0 Å². The van der Waals surface area contributed by atoms with Gasteiger partial charge in [0.05, 0.1) is 24.7 Å². The van der Waals surface area contributed by atoms with Gasteiger partial charge < -0.3 is 15.5 Å². The molecule has 0 saturated carbocycles. The number of alkyl halides is 3. The van der Waals surface area contributed by atoms with E-state index in [0.717, 1.165) is 5.56 Å². The van der Waals surface area contributed by atoms with Crippen molar-refractivity contribution < 1.29 is 22.4 Å². The van der Waals surface area contributed by atoms with Crippen LogP contribution in [0.5, 0.6) is 0 Å². The molecule has 0 heterocycles. The first-order valence-electron chi connectivity index (χ1n) is 8.49. The predicted octanol–water partition coefficient (Wildman–Crippen LogP) is 2.50. The molecule has 6 nitrogen and oxygen atoms in total. The van der Waals surface area contributed by atoms with Crippen molar-refractivity contribution >= 4 is 11.6 Å². The average molecular weight is 403 g/mol. The number of carbonyl (C=O) groups excluding carboxylic acids is 1. The first kappa shape index (κ1) is 23.3. The number of benzene rings is 1. The zero-order chi connectivity index (χ0) is 21.3. The molecule has 10 heteroatoms. The van der Waals surface area contributed by atoms with Gasteiger partial charge in [-0.05, 0) is 24.6 Å². The molecule has 0 aliphatic carbocycles. The van der Waals surface area contributed by atoms with Crippen LogP contribution in [0, 0.1) is 5.82 Å². The van der Waals surface area contributed by atoms with Crippen LogP contribution in [0.3, 0.4) is 0 Å². The quantitative estimate of drug-likeness (QED) is 0.273. The number of halogens is 4. The van der Waals surface area contributed by atoms with Crippen molar-refractivity contribution in [2.75, 3.05) is 33.4 Å². The van der Waals surface area contributed by atoms with Gasteiger partial charge in [0, 0.05) is 20.5 Å². The Morgan fingerprint density at radius 3 is 2.29 bits per heavy atom. The minimum atomic E-state index is -4.35. The van der Waals surface area contributed by atoms with Crippen molar-refractivity contribution in [3.05, 3.63) is 48.0 Å². The molecule has 2 N–H and O–H groups in total. The Labute approximate surface area is 161 Å². The summed E-state index contributed by atoms with van der Waals surface area (Å²) in [6.07, 6.45) is -4.35. The summed E-state index contributed by atoms with van der Waals surface area (Å²) in [5, 5.41) is 10.7. The van der Waals surface area contributed by atoms with Gasteiger partial charge in [0.2, 0.25) is 5.91 Å². The van der Waals surface area contributed by atoms with E-state index in [-0.39, 0.29) is 24.2 Å². The van der Waals surface area contributed by atoms with E-state index in [9.17, 15) is 22.4 Å². The van der Waals surface area contributed by atoms with Crippen LogP contribution in [0.25, 0.3) is 0 Å². The third-order valence-corrected chi connectivity index (χ3v) is 3.71. The highest BCUT2D eigenvalue weighted by atomic mass is 19.4. The third-order valence-electron chi connectivity index (χ3n) is 3.71. The maximum Gasteiger partial charge on any atom is 0.405 e. The van der Waals surface area contributed by atoms with Crippen molar-refractivity contribution in [2.45, 2.75) is 20.0 Å². The van der Waals surface area contributed by atoms with Crippen molar-refractivity contribution in [2.24, 2.45) is 5.10 Å². The molecule has 0 aliphatic heterocycles. The monoisotopic (exact) mass is 403 g/mol. The van der Waals surface area contributed by atoms with Crippen LogP contribution in [0.1, 0.15) is 19.4 Å². The highest BCUT2D eigenvalue weighted by molar-refractivity contribution is 5.98. The molecular weight excluding hydrogens is 378 g/mol. The van der Waals surface area contributed by atoms with Crippen LogP contribution < -0.4 is 10.6 Å². The number of carbonyl (C=O) groups is 1. The molecule has 0 spiro atoms. The topological polar surface area (TPSA) is 60.0 Å². The van der Waals surface area contributed by atoms with Crippen molar-refractivity contribution in [1.29, 1.82) is 0 Å². The molecule has 0 saturated heterocycles. The highest BCUT2D eigenvalue weighted by Gasteiger charge is 2.26. The zero-order valence-corrected chi connectivity index (χ0v) is 16.1. The molecule has 1 aromatic carbocycles. The summed E-state index contributed by atoms with van der Waals surface area (Å²) in [5.41, 5.74) is 1.45. The summed E-state index contributed by atoms with van der Waals surface area (Å²) in [4.78, 5) is 13.1. The van der Waals surface area contributed by atoms with Crippen LogP contribution in [0.15, 0.2) is 41.8 Å². The van der Waals surface area contributed by atoms with Gasteiger partial charge in [-0.25, -0.2) is 4.39 Å². The van der Waals surface area contributed by atoms with E-state index in [0.29, 0.717) is 18.8 Å². The second-order valence-corrected chi connectivity index (χ2v) is 6.14. The van der Waals surface area contributed by atoms with Crippen molar-refractivity contribution in [3.8, 4) is 0 Å². The van der Waals surface area contributed by atoms with Gasteiger partial charge >= 0.3 is 6.18 Å². The molecule has 156 valence electrons. The average Bonchev–Trinajstić information content (AvgIpc) is 2.59. The van der Waals surface area contributed by atoms with Crippen molar-refractivity contribution in [1.82, 2.24) is 20.5 Å². The summed E-state index contributed by atoms with van der Waals surface area (Å²) in [6.45, 7) is 6.07. The summed E-state index contributed by atoms with van der Waals surface area (Å²) >= 11 is 0. The largest absolute Gasteiger partial charge is 0.405 e. The number of nitrogens with zero attached hydrogens (tertiary/aromatic N) is 3. The Kier molecular flexibility index (Phi) is 8.75. The molecular formula is C18H25F4N5O. The highest BCUT2D eigenvalue weighted by Crippen LogP contribution is 2.12. The lowest BCUT2D eigenvalue weighted by Gasteiger charge is -2.25. The molecule has 1 aromatic rings. The standard InChI is InChI=1S/C18H25F4N5O/c1-13(16-5-7-17(19)8-6-16)25-26(4)9-10-27(15(3)28)12-24-14(2)23-11-18(20,21)22/h5-8,23-24H,2,9-12H2,1,3-4H3/b25-13+. The summed E-state index contributed by atoms with van der Waals surface area (Å²) in [7, 11) is 1.72. The van der Waals surface area contributed by atoms with Crippen LogP contribution in [-0.2, 0) is 4.79 Å². The fourth-order valence-corrected chi connectivity index (χ4v) is 2.13. The summed E-state index contributed by atoms with van der Waals surface area (Å²) < 4.78 is 49.5. The summed E-state index contributed by atoms with van der Waals surface area (Å²) in [6, 6.07) is 5.93. The minimum Gasteiger partial charge on any atom is -0.363 e. The molecule has 0 aliphatic rings. The second kappa shape index (κ2) is 10.5. The predicted molar refractivity (Wildman–Crippen MR) is 99.8 cm³/mol. The van der Waals surface area contributed by atoms with E-state index in [1.165, 1.54) is 24.0 Å². The molecule has 28 heavy (non-hydrogen) atoms. The number of amides is 1. The lowest BCUT2D eigenvalue weighted by Crippen LogP contribution is -2.43. The number of rotatable bonds is 10. The molecule has 0 atom stereocenters. The molecule has 0 bridgehead atoms. The number of hydrogen-bond acceptors (Lipinski definition) is 5. The van der Waals surface area contributed by atoms with Gasteiger partial charge in [0.15, 0.2) is 0 Å². The number of likely N-dealkylation sites (N-methyl/N-ethyl adjacent to an activating group) is 1. The Morgan fingerprint density at radius 1 is 1.14 bits per heavy atom. The van der Waals surface area contributed by atoms with Crippen LogP contribution in [0.4, 0.5) is 17.6 Å². The van der Waals surface area contributed by atoms with Crippen LogP contribution >= 0.6 is 0 Å². The van der Waals surface area contributed by atoms with Crippen LogP contribution in [-0.4, -0.2) is 61.1 Å². The fourth-order valence-electron chi connectivity index (χ4n) is 2.13. The number of hydrogen-bond donors (Lipinski definition) is 2. The maximum atomic E-state index is 13.0. The Morgan fingerprint density at radius 2 is 1.75 bits per heavy atom. The first-order chi connectivity index (χ1) is 13.0. The molecule has 0 fully saturated rings. The van der Waals surface area contributed by atoms with Gasteiger partial charge in [-0.15, -0.1) is 0 Å². The Bertz CT molecular complexity index is 688. The molecule has 0 aromatic heterocycles. The summed E-state index contributed by atoms with van der Waals surface area (Å²) in [5.74, 6) is -0.605. The Hall–Kier alpha value is -2.78. The second-order valence-electron chi connectivity index (χ2n) is 6.14. The van der Waals surface area contributed by atoms with E-state index in [4.69, 9.17) is 0 Å². The first-order valence-corrected chi connectivity index (χ1v) is 8.49. The van der Waals surface area contributed by atoms with E-state index in [1.807, 2.05) is 0 Å². The molecule has 1 amide bonds. The van der Waals surface area contributed by atoms with E-state index < -0.39 is 12.7 Å². The van der Waals surface area contributed by atoms with E-state index in [2.05, 4.69) is 22.3 Å². The third kappa shape index (κ3) is 9.24. The van der Waals surface area contributed by atoms with Crippen LogP contribution in [0.2, 0.25) is 0 Å². The van der Waals surface area contributed by atoms with Gasteiger partial charge in [-0.3, -0.25) is 9.80 Å². The molecule has 1 rings (SSSR count). The lowest BCUT2D eigenvalue weighted by atomic mass is 10.1. The van der Waals surface area contributed by atoms with E-state index in [1.54, 1.807) is 31.1 Å².